The summed E-state index contributed by atoms with van der Waals surface area (Å²) in [5.74, 6) is 0.741. The highest BCUT2D eigenvalue weighted by atomic mass is 32.2. The number of hydrogen-bond acceptors (Lipinski definition) is 4. The van der Waals surface area contributed by atoms with E-state index in [9.17, 15) is 0 Å². The highest BCUT2D eigenvalue weighted by Gasteiger charge is 2.07. The van der Waals surface area contributed by atoms with Crippen molar-refractivity contribution in [1.82, 2.24) is 9.55 Å². The third kappa shape index (κ3) is 3.55. The fourth-order valence-corrected chi connectivity index (χ4v) is 3.29. The van der Waals surface area contributed by atoms with Gasteiger partial charge in [-0.15, -0.1) is 11.8 Å². The van der Waals surface area contributed by atoms with Crippen LogP contribution < -0.4 is 0 Å². The lowest BCUT2D eigenvalue weighted by atomic mass is 10.1. The number of thioether (sulfide) groups is 2. The summed E-state index contributed by atoms with van der Waals surface area (Å²) >= 11 is 3.36. The van der Waals surface area contributed by atoms with E-state index in [1.807, 2.05) is 18.6 Å². The molecule has 5 heteroatoms. The van der Waals surface area contributed by atoms with Crippen LogP contribution >= 0.6 is 23.5 Å². The Kier molecular flexibility index (Phi) is 5.36. The first-order valence-corrected chi connectivity index (χ1v) is 8.34. The lowest BCUT2D eigenvalue weighted by Gasteiger charge is -2.12. The molecule has 0 amide bonds. The van der Waals surface area contributed by atoms with Gasteiger partial charge in [0, 0.05) is 29.6 Å². The molecular formula is C14H18N2OS2. The molecule has 102 valence electrons. The van der Waals surface area contributed by atoms with E-state index < -0.39 is 0 Å². The molecule has 0 bridgehead atoms. The number of rotatable bonds is 6. The van der Waals surface area contributed by atoms with Crippen LogP contribution in [0, 0.1) is 6.92 Å². The highest BCUT2D eigenvalue weighted by Crippen LogP contribution is 2.25. The van der Waals surface area contributed by atoms with E-state index >= 15 is 0 Å². The minimum atomic E-state index is 0.215. The van der Waals surface area contributed by atoms with E-state index in [1.165, 1.54) is 16.0 Å². The first-order valence-electron chi connectivity index (χ1n) is 6.13. The Morgan fingerprint density at radius 3 is 2.95 bits per heavy atom. The monoisotopic (exact) mass is 294 g/mol. The van der Waals surface area contributed by atoms with Crippen LogP contribution in [0.2, 0.25) is 0 Å². The van der Waals surface area contributed by atoms with Gasteiger partial charge in [0.05, 0.1) is 6.61 Å². The lowest BCUT2D eigenvalue weighted by Crippen LogP contribution is -2.02. The predicted octanol–water partition coefficient (Wildman–Crippen LogP) is 3.05. The summed E-state index contributed by atoms with van der Waals surface area (Å²) in [6.07, 6.45) is 5.89. The molecule has 1 heterocycles. The van der Waals surface area contributed by atoms with Crippen molar-refractivity contribution in [2.45, 2.75) is 23.5 Å². The van der Waals surface area contributed by atoms with Gasteiger partial charge in [0.15, 0.2) is 5.16 Å². The van der Waals surface area contributed by atoms with Gasteiger partial charge in [-0.05, 0) is 30.4 Å². The summed E-state index contributed by atoms with van der Waals surface area (Å²) in [5.41, 5.74) is 2.60. The van der Waals surface area contributed by atoms with Crippen molar-refractivity contribution >= 4 is 23.5 Å². The first kappa shape index (κ1) is 14.5. The van der Waals surface area contributed by atoms with Gasteiger partial charge in [-0.1, -0.05) is 23.9 Å². The molecule has 2 aromatic rings. The molecule has 1 aromatic carbocycles. The van der Waals surface area contributed by atoms with E-state index in [0.717, 1.165) is 17.5 Å². The van der Waals surface area contributed by atoms with Crippen LogP contribution in [0.1, 0.15) is 11.1 Å². The van der Waals surface area contributed by atoms with Gasteiger partial charge in [-0.3, -0.25) is 0 Å². The van der Waals surface area contributed by atoms with Gasteiger partial charge in [-0.25, -0.2) is 4.98 Å². The normalized spacial score (nSPS) is 10.9. The Labute approximate surface area is 122 Å². The Hall–Kier alpha value is -0.910. The zero-order valence-electron chi connectivity index (χ0n) is 11.2. The molecule has 0 fully saturated rings. The molecule has 19 heavy (non-hydrogen) atoms. The predicted molar refractivity (Wildman–Crippen MR) is 82.1 cm³/mol. The molecule has 2 rings (SSSR count). The maximum absolute atomic E-state index is 8.93. The molecule has 0 radical (unpaired) electrons. The summed E-state index contributed by atoms with van der Waals surface area (Å²) in [7, 11) is 0. The second-order valence-corrected chi connectivity index (χ2v) is 6.06. The number of imidazole rings is 1. The summed E-state index contributed by atoms with van der Waals surface area (Å²) in [5, 5.41) is 9.96. The zero-order valence-corrected chi connectivity index (χ0v) is 12.8. The van der Waals surface area contributed by atoms with E-state index in [2.05, 4.69) is 34.7 Å². The van der Waals surface area contributed by atoms with Crippen LogP contribution in [0.15, 0.2) is 40.6 Å². The molecule has 1 aromatic heterocycles. The fourth-order valence-electron chi connectivity index (χ4n) is 1.93. The summed E-state index contributed by atoms with van der Waals surface area (Å²) < 4.78 is 2.16. The molecule has 0 atom stereocenters. The van der Waals surface area contributed by atoms with E-state index in [4.69, 9.17) is 5.11 Å². The van der Waals surface area contributed by atoms with Crippen molar-refractivity contribution in [3.63, 3.8) is 0 Å². The SMILES string of the molecule is CSc1nccn1Cc1cccc(SCCO)c1C. The molecule has 0 aliphatic heterocycles. The van der Waals surface area contributed by atoms with Crippen LogP contribution in [-0.4, -0.2) is 33.3 Å². The van der Waals surface area contributed by atoms with Gasteiger partial charge in [-0.2, -0.15) is 0 Å². The minimum absolute atomic E-state index is 0.215. The first-order chi connectivity index (χ1) is 9.26. The minimum Gasteiger partial charge on any atom is -0.396 e. The molecule has 1 N–H and O–H groups in total. The molecule has 0 saturated carbocycles. The number of nitrogens with zero attached hydrogens (tertiary/aromatic N) is 2. The van der Waals surface area contributed by atoms with Gasteiger partial charge >= 0.3 is 0 Å². The van der Waals surface area contributed by atoms with E-state index in [0.29, 0.717) is 0 Å². The van der Waals surface area contributed by atoms with Crippen LogP contribution in [0.4, 0.5) is 0 Å². The molecule has 0 saturated heterocycles. The van der Waals surface area contributed by atoms with E-state index in [-0.39, 0.29) is 6.61 Å². The number of aromatic nitrogens is 2. The van der Waals surface area contributed by atoms with Crippen molar-refractivity contribution in [2.75, 3.05) is 18.6 Å². The van der Waals surface area contributed by atoms with Gasteiger partial charge < -0.3 is 9.67 Å². The van der Waals surface area contributed by atoms with Gasteiger partial charge in [0.2, 0.25) is 0 Å². The van der Waals surface area contributed by atoms with Gasteiger partial charge in [0.1, 0.15) is 0 Å². The highest BCUT2D eigenvalue weighted by molar-refractivity contribution is 7.99. The third-order valence-electron chi connectivity index (χ3n) is 2.95. The van der Waals surface area contributed by atoms with Crippen molar-refractivity contribution in [1.29, 1.82) is 0 Å². The summed E-state index contributed by atoms with van der Waals surface area (Å²) in [6, 6.07) is 6.35. The Morgan fingerprint density at radius 2 is 2.21 bits per heavy atom. The number of aliphatic hydroxyl groups is 1. The second kappa shape index (κ2) is 7.03. The molecule has 0 unspecified atom stereocenters. The second-order valence-electron chi connectivity index (χ2n) is 4.15. The van der Waals surface area contributed by atoms with E-state index in [1.54, 1.807) is 23.5 Å². The quantitative estimate of drug-likeness (QED) is 0.831. The average Bonchev–Trinajstić information content (AvgIpc) is 2.87. The largest absolute Gasteiger partial charge is 0.396 e. The zero-order chi connectivity index (χ0) is 13.7. The van der Waals surface area contributed by atoms with Crippen molar-refractivity contribution < 1.29 is 5.11 Å². The standard InChI is InChI=1S/C14H18N2OS2/c1-11-12(4-3-5-13(11)19-9-8-17)10-16-7-6-15-14(16)18-2/h3-7,17H,8-10H2,1-2H3. The number of benzene rings is 1. The smallest absolute Gasteiger partial charge is 0.167 e. The number of hydrogen-bond donors (Lipinski definition) is 1. The fraction of sp³-hybridized carbons (Fsp3) is 0.357. The topological polar surface area (TPSA) is 38.0 Å². The van der Waals surface area contributed by atoms with Crippen molar-refractivity contribution in [3.05, 3.63) is 41.7 Å². The Balaban J connectivity index is 2.21. The molecule has 0 spiro atoms. The Bertz CT molecular complexity index is 540. The maximum Gasteiger partial charge on any atom is 0.167 e. The van der Waals surface area contributed by atoms with Crippen LogP contribution in [0.25, 0.3) is 0 Å². The van der Waals surface area contributed by atoms with Crippen LogP contribution in [-0.2, 0) is 6.54 Å². The van der Waals surface area contributed by atoms with Crippen LogP contribution in [0.3, 0.4) is 0 Å². The molecule has 0 aliphatic rings. The maximum atomic E-state index is 8.93. The van der Waals surface area contributed by atoms with Crippen LogP contribution in [0.5, 0.6) is 0 Å². The Morgan fingerprint density at radius 1 is 1.37 bits per heavy atom. The summed E-state index contributed by atoms with van der Waals surface area (Å²) in [4.78, 5) is 5.57. The molecular weight excluding hydrogens is 276 g/mol. The lowest BCUT2D eigenvalue weighted by molar-refractivity contribution is 0.322. The van der Waals surface area contributed by atoms with Crippen molar-refractivity contribution in [2.24, 2.45) is 0 Å². The molecule has 0 aliphatic carbocycles. The third-order valence-corrected chi connectivity index (χ3v) is 4.79. The van der Waals surface area contributed by atoms with Crippen molar-refractivity contribution in [3.8, 4) is 0 Å². The summed E-state index contributed by atoms with van der Waals surface area (Å²) in [6.45, 7) is 3.20. The number of aliphatic hydroxyl groups excluding tert-OH is 1. The molecule has 3 nitrogen and oxygen atoms in total. The average molecular weight is 294 g/mol. The van der Waals surface area contributed by atoms with Gasteiger partial charge in [0.25, 0.3) is 0 Å².